The number of anilines is 1. The van der Waals surface area contributed by atoms with Crippen LogP contribution in [0.2, 0.25) is 5.15 Å². The van der Waals surface area contributed by atoms with Crippen molar-refractivity contribution in [2.75, 3.05) is 11.4 Å². The van der Waals surface area contributed by atoms with Crippen LogP contribution in [0, 0.1) is 0 Å². The van der Waals surface area contributed by atoms with Crippen LogP contribution in [-0.2, 0) is 26.1 Å². The van der Waals surface area contributed by atoms with Crippen molar-refractivity contribution in [3.05, 3.63) is 51.8 Å². The van der Waals surface area contributed by atoms with E-state index in [4.69, 9.17) is 16.6 Å². The van der Waals surface area contributed by atoms with E-state index in [9.17, 15) is 0 Å². The fourth-order valence-electron chi connectivity index (χ4n) is 2.92. The first-order chi connectivity index (χ1) is 9.81. The van der Waals surface area contributed by atoms with E-state index in [0.29, 0.717) is 5.15 Å². The van der Waals surface area contributed by atoms with Crippen LogP contribution in [0.1, 0.15) is 22.4 Å². The summed E-state index contributed by atoms with van der Waals surface area (Å²) in [6.07, 6.45) is 0.911. The van der Waals surface area contributed by atoms with Crippen molar-refractivity contribution < 1.29 is 0 Å². The minimum absolute atomic E-state index is 0.613. The Labute approximate surface area is 122 Å². The van der Waals surface area contributed by atoms with Crippen LogP contribution in [0.25, 0.3) is 0 Å². The maximum Gasteiger partial charge on any atom is 0.227 e. The van der Waals surface area contributed by atoms with Crippen molar-refractivity contribution in [2.45, 2.75) is 26.1 Å². The number of halogens is 1. The zero-order chi connectivity index (χ0) is 13.5. The van der Waals surface area contributed by atoms with Gasteiger partial charge >= 0.3 is 0 Å². The van der Waals surface area contributed by atoms with E-state index in [1.165, 1.54) is 11.1 Å². The lowest BCUT2D eigenvalue weighted by Crippen LogP contribution is -2.27. The second kappa shape index (κ2) is 4.72. The lowest BCUT2D eigenvalue weighted by atomic mass is 10.1. The van der Waals surface area contributed by atoms with E-state index in [1.807, 2.05) is 0 Å². The highest BCUT2D eigenvalue weighted by molar-refractivity contribution is 6.30. The van der Waals surface area contributed by atoms with Gasteiger partial charge in [0.15, 0.2) is 0 Å². The Morgan fingerprint density at radius 2 is 1.85 bits per heavy atom. The van der Waals surface area contributed by atoms with E-state index in [2.05, 4.69) is 39.5 Å². The third-order valence-corrected chi connectivity index (χ3v) is 4.31. The van der Waals surface area contributed by atoms with Gasteiger partial charge < -0.3 is 10.2 Å². The lowest BCUT2D eigenvalue weighted by Gasteiger charge is -2.21. The van der Waals surface area contributed by atoms with Crippen LogP contribution >= 0.6 is 11.6 Å². The molecule has 4 rings (SSSR count). The molecule has 0 unspecified atom stereocenters. The van der Waals surface area contributed by atoms with Crippen LogP contribution < -0.4 is 10.2 Å². The number of hydrogen-bond acceptors (Lipinski definition) is 4. The van der Waals surface area contributed by atoms with Crippen LogP contribution in [0.4, 0.5) is 5.95 Å². The van der Waals surface area contributed by atoms with Crippen molar-refractivity contribution in [1.29, 1.82) is 0 Å². The average molecular weight is 287 g/mol. The number of hydrogen-bond donors (Lipinski definition) is 1. The highest BCUT2D eigenvalue weighted by Gasteiger charge is 2.23. The number of nitrogens with zero attached hydrogens (tertiary/aromatic N) is 3. The molecule has 1 N–H and O–H groups in total. The first-order valence-electron chi connectivity index (χ1n) is 6.89. The van der Waals surface area contributed by atoms with Gasteiger partial charge in [0.25, 0.3) is 0 Å². The molecule has 0 spiro atoms. The summed E-state index contributed by atoms with van der Waals surface area (Å²) >= 11 is 6.33. The molecule has 0 bridgehead atoms. The summed E-state index contributed by atoms with van der Waals surface area (Å²) in [6.45, 7) is 3.45. The Morgan fingerprint density at radius 3 is 2.60 bits per heavy atom. The third kappa shape index (κ3) is 1.96. The number of rotatable bonds is 1. The molecule has 1 aromatic carbocycles. The van der Waals surface area contributed by atoms with E-state index in [0.717, 1.165) is 49.8 Å². The van der Waals surface area contributed by atoms with Gasteiger partial charge in [0.1, 0.15) is 5.15 Å². The van der Waals surface area contributed by atoms with Gasteiger partial charge in [-0.25, -0.2) is 9.97 Å². The van der Waals surface area contributed by atoms with Crippen LogP contribution in [0.3, 0.4) is 0 Å². The molecule has 5 heteroatoms. The SMILES string of the molecule is Clc1nc(N2Cc3ccccc3C2)nc2c1CCNC2. The highest BCUT2D eigenvalue weighted by atomic mass is 35.5. The molecule has 0 radical (unpaired) electrons. The molecule has 0 saturated heterocycles. The van der Waals surface area contributed by atoms with E-state index in [-0.39, 0.29) is 0 Å². The molecule has 102 valence electrons. The zero-order valence-corrected chi connectivity index (χ0v) is 11.8. The molecule has 0 atom stereocenters. The summed E-state index contributed by atoms with van der Waals surface area (Å²) in [4.78, 5) is 11.4. The van der Waals surface area contributed by atoms with Gasteiger partial charge in [-0.3, -0.25) is 0 Å². The van der Waals surface area contributed by atoms with Crippen molar-refractivity contribution >= 4 is 17.5 Å². The molecule has 4 nitrogen and oxygen atoms in total. The van der Waals surface area contributed by atoms with Gasteiger partial charge in [-0.1, -0.05) is 35.9 Å². The molecule has 0 amide bonds. The molecule has 1 aromatic heterocycles. The maximum absolute atomic E-state index is 6.33. The van der Waals surface area contributed by atoms with E-state index < -0.39 is 0 Å². The van der Waals surface area contributed by atoms with E-state index >= 15 is 0 Å². The lowest BCUT2D eigenvalue weighted by molar-refractivity contribution is 0.620. The Hall–Kier alpha value is -1.65. The van der Waals surface area contributed by atoms with Gasteiger partial charge in [-0.05, 0) is 24.1 Å². The summed E-state index contributed by atoms with van der Waals surface area (Å²) in [5.74, 6) is 0.744. The molecule has 0 aliphatic carbocycles. The molecule has 2 aliphatic rings. The minimum Gasteiger partial charge on any atom is -0.332 e. The Balaban J connectivity index is 1.69. The zero-order valence-electron chi connectivity index (χ0n) is 11.1. The Morgan fingerprint density at radius 1 is 1.10 bits per heavy atom. The van der Waals surface area contributed by atoms with Crippen molar-refractivity contribution in [1.82, 2.24) is 15.3 Å². The summed E-state index contributed by atoms with van der Waals surface area (Å²) in [5.41, 5.74) is 4.85. The van der Waals surface area contributed by atoms with Crippen LogP contribution in [0.15, 0.2) is 24.3 Å². The van der Waals surface area contributed by atoms with Crippen LogP contribution in [-0.4, -0.2) is 16.5 Å². The van der Waals surface area contributed by atoms with Gasteiger partial charge in [0, 0.05) is 25.2 Å². The summed E-state index contributed by atoms with van der Waals surface area (Å²) in [7, 11) is 0. The second-order valence-corrected chi connectivity index (χ2v) is 5.65. The number of nitrogens with one attached hydrogen (secondary N) is 1. The standard InChI is InChI=1S/C15H15ClN4/c16-14-12-5-6-17-7-13(12)18-15(19-14)20-8-10-3-1-2-4-11(10)9-20/h1-4,17H,5-9H2. The molecular formula is C15H15ClN4. The first kappa shape index (κ1) is 12.1. The highest BCUT2D eigenvalue weighted by Crippen LogP contribution is 2.29. The summed E-state index contributed by atoms with van der Waals surface area (Å²) in [5, 5.41) is 3.95. The van der Waals surface area contributed by atoms with Gasteiger partial charge in [-0.2, -0.15) is 0 Å². The smallest absolute Gasteiger partial charge is 0.227 e. The molecule has 20 heavy (non-hydrogen) atoms. The molecule has 0 fully saturated rings. The van der Waals surface area contributed by atoms with Gasteiger partial charge in [0.2, 0.25) is 5.95 Å². The minimum atomic E-state index is 0.613. The van der Waals surface area contributed by atoms with E-state index in [1.54, 1.807) is 0 Å². The Kier molecular flexibility index (Phi) is 2.86. The number of benzene rings is 1. The van der Waals surface area contributed by atoms with Crippen molar-refractivity contribution in [3.63, 3.8) is 0 Å². The molecule has 2 aromatic rings. The first-order valence-corrected chi connectivity index (χ1v) is 7.27. The molecule has 0 saturated carbocycles. The fraction of sp³-hybridized carbons (Fsp3) is 0.333. The number of aromatic nitrogens is 2. The normalized spacial score (nSPS) is 16.9. The number of fused-ring (bicyclic) bond motifs is 2. The van der Waals surface area contributed by atoms with Gasteiger partial charge in [-0.15, -0.1) is 0 Å². The summed E-state index contributed by atoms with van der Waals surface area (Å²) < 4.78 is 0. The summed E-state index contributed by atoms with van der Waals surface area (Å²) in [6, 6.07) is 8.48. The quantitative estimate of drug-likeness (QED) is 0.817. The monoisotopic (exact) mass is 286 g/mol. The molecule has 3 heterocycles. The van der Waals surface area contributed by atoms with Crippen molar-refractivity contribution in [3.8, 4) is 0 Å². The van der Waals surface area contributed by atoms with Crippen LogP contribution in [0.5, 0.6) is 0 Å². The maximum atomic E-state index is 6.33. The molecule has 2 aliphatic heterocycles. The average Bonchev–Trinajstić information content (AvgIpc) is 2.91. The predicted octanol–water partition coefficient (Wildman–Crippen LogP) is 2.30. The Bertz CT molecular complexity index is 646. The second-order valence-electron chi connectivity index (χ2n) is 5.29. The molecular weight excluding hydrogens is 272 g/mol. The topological polar surface area (TPSA) is 41.1 Å². The largest absolute Gasteiger partial charge is 0.332 e. The van der Waals surface area contributed by atoms with Gasteiger partial charge in [0.05, 0.1) is 5.69 Å². The fourth-order valence-corrected chi connectivity index (χ4v) is 3.20. The van der Waals surface area contributed by atoms with Crippen molar-refractivity contribution in [2.24, 2.45) is 0 Å². The predicted molar refractivity (Wildman–Crippen MR) is 78.8 cm³/mol. The third-order valence-electron chi connectivity index (χ3n) is 4.00.